The fraction of sp³-hybridized carbons (Fsp3) is 1.00. The molecule has 15 nitrogen and oxygen atoms in total. The van der Waals surface area contributed by atoms with Crippen LogP contribution in [0.1, 0.15) is 19.3 Å². The van der Waals surface area contributed by atoms with Gasteiger partial charge in [0.15, 0.2) is 12.6 Å². The number of nitrogens with zero attached hydrogens (tertiary/aromatic N) is 1. The minimum absolute atomic E-state index is 0.0949. The quantitative estimate of drug-likeness (QED) is 0.145. The standard InChI is InChI=1S/C22H44N6O9/c23-6-10-15(30)16(31)13(27)21(34-10)36-19-8(24)5-9(25)20(18(19)33)37-22-17(32)12(26)14(29)11(35-22)7-28-3-1-2-4-28/h8-22,29-33H,1-7,23-27H2/t8-,9+,10+,11+,12-,13+,14+,15+,16+,17+,18-,19+,20-,21+,22+/m0/s1. The van der Waals surface area contributed by atoms with Crippen molar-refractivity contribution in [2.24, 2.45) is 28.7 Å². The third-order valence-corrected chi connectivity index (χ3v) is 8.02. The van der Waals surface area contributed by atoms with Crippen molar-refractivity contribution in [3.05, 3.63) is 0 Å². The predicted octanol–water partition coefficient (Wildman–Crippen LogP) is -6.22. The molecule has 15 heteroatoms. The van der Waals surface area contributed by atoms with E-state index in [0.29, 0.717) is 6.54 Å². The van der Waals surface area contributed by atoms with Gasteiger partial charge in [0, 0.05) is 25.2 Å². The monoisotopic (exact) mass is 536 g/mol. The maximum Gasteiger partial charge on any atom is 0.186 e. The van der Waals surface area contributed by atoms with E-state index < -0.39 is 91.7 Å². The third kappa shape index (κ3) is 6.11. The van der Waals surface area contributed by atoms with Gasteiger partial charge in [0.25, 0.3) is 0 Å². The van der Waals surface area contributed by atoms with Gasteiger partial charge in [0.05, 0.1) is 18.2 Å². The van der Waals surface area contributed by atoms with Crippen LogP contribution < -0.4 is 28.7 Å². The zero-order valence-electron chi connectivity index (χ0n) is 20.8. The summed E-state index contributed by atoms with van der Waals surface area (Å²) < 4.78 is 23.4. The number of aliphatic hydroxyl groups is 5. The number of hydrogen-bond donors (Lipinski definition) is 10. The first kappa shape index (κ1) is 29.4. The van der Waals surface area contributed by atoms with E-state index in [0.717, 1.165) is 25.9 Å². The number of likely N-dealkylation sites (tertiary alicyclic amines) is 1. The van der Waals surface area contributed by atoms with Crippen LogP contribution >= 0.6 is 0 Å². The van der Waals surface area contributed by atoms with Crippen molar-refractivity contribution < 1.29 is 44.5 Å². The molecule has 3 heterocycles. The van der Waals surface area contributed by atoms with Crippen LogP contribution in [0.4, 0.5) is 0 Å². The Labute approximate surface area is 215 Å². The molecule has 0 bridgehead atoms. The maximum atomic E-state index is 11.2. The zero-order valence-corrected chi connectivity index (χ0v) is 20.8. The average molecular weight is 537 g/mol. The van der Waals surface area contributed by atoms with Crippen molar-refractivity contribution in [2.45, 2.75) is 111 Å². The van der Waals surface area contributed by atoms with Crippen LogP contribution in [0.25, 0.3) is 0 Å². The van der Waals surface area contributed by atoms with Gasteiger partial charge in [0.1, 0.15) is 48.8 Å². The molecule has 0 amide bonds. The van der Waals surface area contributed by atoms with Crippen LogP contribution in [0, 0.1) is 0 Å². The highest BCUT2D eigenvalue weighted by Gasteiger charge is 2.51. The highest BCUT2D eigenvalue weighted by atomic mass is 16.7. The van der Waals surface area contributed by atoms with Crippen LogP contribution in [0.15, 0.2) is 0 Å². The molecule has 15 N–H and O–H groups in total. The van der Waals surface area contributed by atoms with E-state index in [4.69, 9.17) is 47.6 Å². The molecule has 0 aromatic rings. The van der Waals surface area contributed by atoms with Gasteiger partial charge in [-0.25, -0.2) is 0 Å². The summed E-state index contributed by atoms with van der Waals surface area (Å²) in [5.74, 6) is 0. The highest BCUT2D eigenvalue weighted by Crippen LogP contribution is 2.31. The second-order valence-electron chi connectivity index (χ2n) is 10.7. The molecule has 4 rings (SSSR count). The molecule has 0 radical (unpaired) electrons. The largest absolute Gasteiger partial charge is 0.389 e. The molecule has 0 aromatic heterocycles. The van der Waals surface area contributed by atoms with E-state index in [9.17, 15) is 25.5 Å². The van der Waals surface area contributed by atoms with E-state index in [-0.39, 0.29) is 13.0 Å². The Bertz CT molecular complexity index is 737. The zero-order chi connectivity index (χ0) is 27.0. The lowest BCUT2D eigenvalue weighted by atomic mass is 9.84. The smallest absolute Gasteiger partial charge is 0.186 e. The molecule has 0 spiro atoms. The molecule has 0 unspecified atom stereocenters. The fourth-order valence-corrected chi connectivity index (χ4v) is 5.67. The second-order valence-corrected chi connectivity index (χ2v) is 10.7. The molecular weight excluding hydrogens is 492 g/mol. The Morgan fingerprint density at radius 2 is 1.24 bits per heavy atom. The Morgan fingerprint density at radius 3 is 1.84 bits per heavy atom. The second kappa shape index (κ2) is 12.3. The highest BCUT2D eigenvalue weighted by molar-refractivity contribution is 5.02. The number of nitrogens with two attached hydrogens (primary N) is 5. The summed E-state index contributed by atoms with van der Waals surface area (Å²) >= 11 is 0. The van der Waals surface area contributed by atoms with Gasteiger partial charge in [-0.1, -0.05) is 0 Å². The Morgan fingerprint density at radius 1 is 0.676 bits per heavy atom. The first-order valence-electron chi connectivity index (χ1n) is 13.0. The van der Waals surface area contributed by atoms with Gasteiger partial charge in [0.2, 0.25) is 0 Å². The average Bonchev–Trinajstić information content (AvgIpc) is 3.38. The van der Waals surface area contributed by atoms with E-state index >= 15 is 0 Å². The number of hydrogen-bond acceptors (Lipinski definition) is 15. The Hall–Kier alpha value is -0.600. The molecule has 3 saturated heterocycles. The van der Waals surface area contributed by atoms with Crippen molar-refractivity contribution in [3.63, 3.8) is 0 Å². The summed E-state index contributed by atoms with van der Waals surface area (Å²) in [6.45, 7) is 2.08. The summed E-state index contributed by atoms with van der Waals surface area (Å²) in [5.41, 5.74) is 30.2. The van der Waals surface area contributed by atoms with Gasteiger partial charge >= 0.3 is 0 Å². The van der Waals surface area contributed by atoms with Crippen LogP contribution in [-0.2, 0) is 18.9 Å². The molecule has 3 aliphatic heterocycles. The van der Waals surface area contributed by atoms with Crippen LogP contribution in [0.2, 0.25) is 0 Å². The molecule has 15 atom stereocenters. The molecule has 37 heavy (non-hydrogen) atoms. The summed E-state index contributed by atoms with van der Waals surface area (Å²) in [4.78, 5) is 2.15. The van der Waals surface area contributed by atoms with Gasteiger partial charge in [-0.3, -0.25) is 0 Å². The maximum absolute atomic E-state index is 11.2. The van der Waals surface area contributed by atoms with Crippen molar-refractivity contribution in [1.29, 1.82) is 0 Å². The lowest BCUT2D eigenvalue weighted by Gasteiger charge is -2.48. The SMILES string of the molecule is NC[C@H]1O[C@H](O[C@H]2[C@H](O)[C@@H](O[C@H]3O[C@H](CN4CCCC4)[C@@H](O)[C@H](N)[C@H]3O)[C@H](N)C[C@@H]2N)[C@H](N)[C@@H](O)[C@@H]1O. The first-order valence-corrected chi connectivity index (χ1v) is 13.0. The molecule has 4 fully saturated rings. The van der Waals surface area contributed by atoms with Crippen LogP contribution in [0.3, 0.4) is 0 Å². The Balaban J connectivity index is 1.44. The van der Waals surface area contributed by atoms with Crippen molar-refractivity contribution >= 4 is 0 Å². The molecule has 0 aromatic carbocycles. The fourth-order valence-electron chi connectivity index (χ4n) is 5.67. The molecular formula is C22H44N6O9. The molecule has 216 valence electrons. The molecule has 1 saturated carbocycles. The van der Waals surface area contributed by atoms with Gasteiger partial charge in [-0.05, 0) is 32.4 Å². The Kier molecular flexibility index (Phi) is 9.75. The normalized spacial score (nSPS) is 51.9. The minimum Gasteiger partial charge on any atom is -0.389 e. The molecule has 1 aliphatic carbocycles. The minimum atomic E-state index is -1.40. The third-order valence-electron chi connectivity index (χ3n) is 8.02. The van der Waals surface area contributed by atoms with Crippen LogP contribution in [-0.4, -0.2) is 148 Å². The van der Waals surface area contributed by atoms with Gasteiger partial charge in [-0.15, -0.1) is 0 Å². The predicted molar refractivity (Wildman–Crippen MR) is 128 cm³/mol. The summed E-state index contributed by atoms with van der Waals surface area (Å²) in [5, 5.41) is 52.8. The van der Waals surface area contributed by atoms with Crippen molar-refractivity contribution in [3.8, 4) is 0 Å². The first-order chi connectivity index (χ1) is 17.5. The number of aliphatic hydroxyl groups excluding tert-OH is 5. The van der Waals surface area contributed by atoms with E-state index in [1.807, 2.05) is 0 Å². The van der Waals surface area contributed by atoms with E-state index in [1.54, 1.807) is 0 Å². The summed E-state index contributed by atoms with van der Waals surface area (Å²) in [7, 11) is 0. The number of ether oxygens (including phenoxy) is 4. The molecule has 4 aliphatic rings. The summed E-state index contributed by atoms with van der Waals surface area (Å²) in [6.07, 6.45) is -10.6. The van der Waals surface area contributed by atoms with Crippen LogP contribution in [0.5, 0.6) is 0 Å². The van der Waals surface area contributed by atoms with Gasteiger partial charge in [-0.2, -0.15) is 0 Å². The lowest BCUT2D eigenvalue weighted by molar-refractivity contribution is -0.317. The van der Waals surface area contributed by atoms with Crippen molar-refractivity contribution in [2.75, 3.05) is 26.2 Å². The van der Waals surface area contributed by atoms with E-state index in [1.165, 1.54) is 0 Å². The van der Waals surface area contributed by atoms with Gasteiger partial charge < -0.3 is 78.0 Å². The number of rotatable bonds is 7. The summed E-state index contributed by atoms with van der Waals surface area (Å²) in [6, 6.07) is -3.66. The van der Waals surface area contributed by atoms with E-state index in [2.05, 4.69) is 4.90 Å². The topological polar surface area (TPSA) is 271 Å². The lowest BCUT2D eigenvalue weighted by Crippen LogP contribution is -2.69. The van der Waals surface area contributed by atoms with Crippen molar-refractivity contribution in [1.82, 2.24) is 4.90 Å².